The van der Waals surface area contributed by atoms with Crippen LogP contribution in [0.15, 0.2) is 18.2 Å². The van der Waals surface area contributed by atoms with E-state index in [-0.39, 0.29) is 11.8 Å². The molecule has 1 aromatic carbocycles. The maximum Gasteiger partial charge on any atom is 0.318 e. The van der Waals surface area contributed by atoms with Crippen LogP contribution in [0.1, 0.15) is 17.0 Å². The normalized spacial score (nSPS) is 24.6. The van der Waals surface area contributed by atoms with Crippen LogP contribution in [-0.4, -0.2) is 32.1 Å². The Bertz CT molecular complexity index is 540. The SMILES string of the molecule is COC(=O)[C@@H]1C(=O)NC[C@H]1c1ccc2c(c1)CCO2. The average Bonchev–Trinajstić information content (AvgIpc) is 3.03. The molecule has 5 nitrogen and oxygen atoms in total. The number of hydrogen-bond acceptors (Lipinski definition) is 4. The molecule has 0 aliphatic carbocycles. The topological polar surface area (TPSA) is 64.6 Å². The minimum atomic E-state index is -0.745. The van der Waals surface area contributed by atoms with Crippen LogP contribution in [0.25, 0.3) is 0 Å². The van der Waals surface area contributed by atoms with Crippen molar-refractivity contribution in [3.8, 4) is 5.75 Å². The van der Waals surface area contributed by atoms with E-state index in [1.807, 2.05) is 18.2 Å². The fraction of sp³-hybridized carbons (Fsp3) is 0.429. The molecule has 0 radical (unpaired) electrons. The molecule has 5 heteroatoms. The van der Waals surface area contributed by atoms with Gasteiger partial charge in [-0.3, -0.25) is 9.59 Å². The van der Waals surface area contributed by atoms with E-state index in [0.29, 0.717) is 13.2 Å². The Kier molecular flexibility index (Phi) is 2.89. The summed E-state index contributed by atoms with van der Waals surface area (Å²) in [5.74, 6) is -0.739. The van der Waals surface area contributed by atoms with Gasteiger partial charge in [-0.05, 0) is 17.2 Å². The summed E-state index contributed by atoms with van der Waals surface area (Å²) < 4.78 is 10.2. The van der Waals surface area contributed by atoms with Crippen LogP contribution in [0.4, 0.5) is 0 Å². The van der Waals surface area contributed by atoms with Gasteiger partial charge in [0, 0.05) is 18.9 Å². The summed E-state index contributed by atoms with van der Waals surface area (Å²) in [6, 6.07) is 5.86. The minimum absolute atomic E-state index is 0.161. The number of nitrogens with one attached hydrogen (secondary N) is 1. The zero-order chi connectivity index (χ0) is 13.4. The van der Waals surface area contributed by atoms with Gasteiger partial charge < -0.3 is 14.8 Å². The zero-order valence-electron chi connectivity index (χ0n) is 10.6. The van der Waals surface area contributed by atoms with E-state index in [4.69, 9.17) is 9.47 Å². The third-order valence-electron chi connectivity index (χ3n) is 3.78. The molecule has 19 heavy (non-hydrogen) atoms. The van der Waals surface area contributed by atoms with Crippen LogP contribution in [0, 0.1) is 5.92 Å². The lowest BCUT2D eigenvalue weighted by Gasteiger charge is -2.15. The number of rotatable bonds is 2. The summed E-state index contributed by atoms with van der Waals surface area (Å²) >= 11 is 0. The summed E-state index contributed by atoms with van der Waals surface area (Å²) in [4.78, 5) is 23.5. The number of benzene rings is 1. The summed E-state index contributed by atoms with van der Waals surface area (Å²) in [6.07, 6.45) is 0.875. The van der Waals surface area contributed by atoms with Gasteiger partial charge in [-0.25, -0.2) is 0 Å². The maximum absolute atomic E-state index is 11.8. The fourth-order valence-corrected chi connectivity index (χ4v) is 2.77. The molecule has 1 saturated heterocycles. The van der Waals surface area contributed by atoms with Gasteiger partial charge in [0.25, 0.3) is 0 Å². The second kappa shape index (κ2) is 4.57. The van der Waals surface area contributed by atoms with Crippen molar-refractivity contribution >= 4 is 11.9 Å². The molecule has 0 unspecified atom stereocenters. The molecule has 0 bridgehead atoms. The van der Waals surface area contributed by atoms with E-state index < -0.39 is 11.9 Å². The molecule has 2 aliphatic heterocycles. The quantitative estimate of drug-likeness (QED) is 0.626. The van der Waals surface area contributed by atoms with Crippen LogP contribution < -0.4 is 10.1 Å². The smallest absolute Gasteiger partial charge is 0.318 e. The van der Waals surface area contributed by atoms with E-state index >= 15 is 0 Å². The molecular formula is C14H15NO4. The Morgan fingerprint density at radius 1 is 1.47 bits per heavy atom. The standard InChI is InChI=1S/C14H15NO4/c1-18-14(17)12-10(7-15-13(12)16)8-2-3-11-9(6-8)4-5-19-11/h2-3,6,10,12H,4-5,7H2,1H3,(H,15,16)/t10-,12-/m0/s1. The summed E-state index contributed by atoms with van der Waals surface area (Å²) in [7, 11) is 1.31. The highest BCUT2D eigenvalue weighted by atomic mass is 16.5. The van der Waals surface area contributed by atoms with Crippen molar-refractivity contribution in [1.82, 2.24) is 5.32 Å². The zero-order valence-corrected chi connectivity index (χ0v) is 10.6. The molecule has 2 heterocycles. The summed E-state index contributed by atoms with van der Waals surface area (Å²) in [5.41, 5.74) is 2.12. The molecule has 1 fully saturated rings. The van der Waals surface area contributed by atoms with Gasteiger partial charge in [-0.15, -0.1) is 0 Å². The molecule has 100 valence electrons. The van der Waals surface area contributed by atoms with Crippen molar-refractivity contribution in [2.45, 2.75) is 12.3 Å². The maximum atomic E-state index is 11.8. The highest BCUT2D eigenvalue weighted by Crippen LogP contribution is 2.34. The van der Waals surface area contributed by atoms with Crippen LogP contribution in [-0.2, 0) is 20.7 Å². The molecule has 2 atom stereocenters. The van der Waals surface area contributed by atoms with Gasteiger partial charge >= 0.3 is 5.97 Å². The molecule has 0 saturated carbocycles. The predicted molar refractivity (Wildman–Crippen MR) is 66.9 cm³/mol. The number of fused-ring (bicyclic) bond motifs is 1. The Balaban J connectivity index is 1.92. The number of esters is 1. The average molecular weight is 261 g/mol. The van der Waals surface area contributed by atoms with Gasteiger partial charge in [0.05, 0.1) is 13.7 Å². The number of methoxy groups -OCH3 is 1. The Morgan fingerprint density at radius 3 is 3.11 bits per heavy atom. The molecule has 0 spiro atoms. The second-order valence-electron chi connectivity index (χ2n) is 4.82. The van der Waals surface area contributed by atoms with Gasteiger partial charge in [0.15, 0.2) is 0 Å². The molecular weight excluding hydrogens is 246 g/mol. The van der Waals surface area contributed by atoms with Crippen molar-refractivity contribution in [1.29, 1.82) is 0 Å². The van der Waals surface area contributed by atoms with Crippen LogP contribution in [0.2, 0.25) is 0 Å². The third-order valence-corrected chi connectivity index (χ3v) is 3.78. The van der Waals surface area contributed by atoms with E-state index in [9.17, 15) is 9.59 Å². The molecule has 1 amide bonds. The number of carbonyl (C=O) groups is 2. The number of ether oxygens (including phenoxy) is 2. The highest BCUT2D eigenvalue weighted by Gasteiger charge is 2.42. The number of amides is 1. The van der Waals surface area contributed by atoms with E-state index in [1.165, 1.54) is 7.11 Å². The van der Waals surface area contributed by atoms with Gasteiger partial charge in [-0.1, -0.05) is 12.1 Å². The third kappa shape index (κ3) is 1.95. The lowest BCUT2D eigenvalue weighted by atomic mass is 9.87. The highest BCUT2D eigenvalue weighted by molar-refractivity contribution is 6.00. The summed E-state index contributed by atoms with van der Waals surface area (Å²) in [6.45, 7) is 1.17. The van der Waals surface area contributed by atoms with Gasteiger partial charge in [-0.2, -0.15) is 0 Å². The van der Waals surface area contributed by atoms with Crippen molar-refractivity contribution < 1.29 is 19.1 Å². The Morgan fingerprint density at radius 2 is 2.32 bits per heavy atom. The first-order valence-electron chi connectivity index (χ1n) is 6.32. The Labute approximate surface area is 110 Å². The molecule has 1 aromatic rings. The lowest BCUT2D eigenvalue weighted by molar-refractivity contribution is -0.149. The first-order chi connectivity index (χ1) is 9.20. The number of carbonyl (C=O) groups excluding carboxylic acids is 2. The lowest BCUT2D eigenvalue weighted by Crippen LogP contribution is -2.28. The van der Waals surface area contributed by atoms with Crippen LogP contribution in [0.5, 0.6) is 5.75 Å². The fourth-order valence-electron chi connectivity index (χ4n) is 2.77. The van der Waals surface area contributed by atoms with Crippen LogP contribution >= 0.6 is 0 Å². The summed E-state index contributed by atoms with van der Waals surface area (Å²) in [5, 5.41) is 2.73. The largest absolute Gasteiger partial charge is 0.493 e. The number of hydrogen-bond donors (Lipinski definition) is 1. The van der Waals surface area contributed by atoms with Crippen molar-refractivity contribution in [2.24, 2.45) is 5.92 Å². The second-order valence-corrected chi connectivity index (χ2v) is 4.82. The van der Waals surface area contributed by atoms with Gasteiger partial charge in [0.1, 0.15) is 11.7 Å². The van der Waals surface area contributed by atoms with Gasteiger partial charge in [0.2, 0.25) is 5.91 Å². The van der Waals surface area contributed by atoms with E-state index in [0.717, 1.165) is 23.3 Å². The van der Waals surface area contributed by atoms with E-state index in [2.05, 4.69) is 5.32 Å². The molecule has 3 rings (SSSR count). The first kappa shape index (κ1) is 12.0. The molecule has 0 aromatic heterocycles. The molecule has 1 N–H and O–H groups in total. The van der Waals surface area contributed by atoms with Crippen molar-refractivity contribution in [2.75, 3.05) is 20.3 Å². The predicted octanol–water partition coefficient (Wildman–Crippen LogP) is 0.624. The molecule has 2 aliphatic rings. The minimum Gasteiger partial charge on any atom is -0.493 e. The van der Waals surface area contributed by atoms with Crippen molar-refractivity contribution in [3.05, 3.63) is 29.3 Å². The van der Waals surface area contributed by atoms with Crippen LogP contribution in [0.3, 0.4) is 0 Å². The van der Waals surface area contributed by atoms with E-state index in [1.54, 1.807) is 0 Å². The Hall–Kier alpha value is -2.04. The monoisotopic (exact) mass is 261 g/mol. The first-order valence-corrected chi connectivity index (χ1v) is 6.32. The van der Waals surface area contributed by atoms with Crippen molar-refractivity contribution in [3.63, 3.8) is 0 Å².